The summed E-state index contributed by atoms with van der Waals surface area (Å²) in [5.41, 5.74) is 12.2. The SMILES string of the molecule is CCCC(=NC)c1cc(C(=O)N2Cc3ccc(O)cc3C2)c(N)cc1C. The Labute approximate surface area is 154 Å². The quantitative estimate of drug-likeness (QED) is 0.652. The number of fused-ring (bicyclic) bond motifs is 1. The highest BCUT2D eigenvalue weighted by atomic mass is 16.3. The molecule has 0 bridgehead atoms. The maximum Gasteiger partial charge on any atom is 0.256 e. The first-order valence-corrected chi connectivity index (χ1v) is 8.90. The van der Waals surface area contributed by atoms with Crippen molar-refractivity contribution in [2.75, 3.05) is 12.8 Å². The van der Waals surface area contributed by atoms with Crippen molar-refractivity contribution >= 4 is 17.3 Å². The second kappa shape index (κ2) is 7.20. The topological polar surface area (TPSA) is 78.9 Å². The maximum atomic E-state index is 13.1. The summed E-state index contributed by atoms with van der Waals surface area (Å²) in [5.74, 6) is 0.130. The molecule has 0 unspecified atom stereocenters. The number of nitrogens with zero attached hydrogens (tertiary/aromatic N) is 2. The molecule has 5 heteroatoms. The number of aryl methyl sites for hydroxylation is 1. The van der Waals surface area contributed by atoms with E-state index in [9.17, 15) is 9.90 Å². The minimum Gasteiger partial charge on any atom is -0.508 e. The van der Waals surface area contributed by atoms with Crippen LogP contribution in [0.4, 0.5) is 5.69 Å². The fourth-order valence-electron chi connectivity index (χ4n) is 3.52. The molecule has 3 rings (SSSR count). The highest BCUT2D eigenvalue weighted by Crippen LogP contribution is 2.29. The number of carbonyl (C=O) groups excluding carboxylic acids is 1. The van der Waals surface area contributed by atoms with Gasteiger partial charge in [0.25, 0.3) is 5.91 Å². The van der Waals surface area contributed by atoms with Crippen LogP contribution in [0.25, 0.3) is 0 Å². The molecule has 0 saturated heterocycles. The second-order valence-corrected chi connectivity index (χ2v) is 6.79. The number of amides is 1. The predicted molar refractivity (Wildman–Crippen MR) is 105 cm³/mol. The van der Waals surface area contributed by atoms with Crippen LogP contribution in [0.5, 0.6) is 5.75 Å². The summed E-state index contributed by atoms with van der Waals surface area (Å²) >= 11 is 0. The van der Waals surface area contributed by atoms with E-state index in [0.717, 1.165) is 40.8 Å². The van der Waals surface area contributed by atoms with Crippen LogP contribution in [-0.4, -0.2) is 28.7 Å². The van der Waals surface area contributed by atoms with Crippen molar-refractivity contribution in [3.8, 4) is 5.75 Å². The van der Waals surface area contributed by atoms with E-state index in [4.69, 9.17) is 5.73 Å². The number of anilines is 1. The van der Waals surface area contributed by atoms with Crippen molar-refractivity contribution in [2.45, 2.75) is 39.8 Å². The number of aliphatic imine (C=N–C) groups is 1. The molecule has 0 radical (unpaired) electrons. The molecule has 0 spiro atoms. The van der Waals surface area contributed by atoms with E-state index in [1.165, 1.54) is 0 Å². The summed E-state index contributed by atoms with van der Waals surface area (Å²) < 4.78 is 0. The summed E-state index contributed by atoms with van der Waals surface area (Å²) in [7, 11) is 1.78. The van der Waals surface area contributed by atoms with Gasteiger partial charge in [-0.05, 0) is 59.9 Å². The molecule has 5 nitrogen and oxygen atoms in total. The summed E-state index contributed by atoms with van der Waals surface area (Å²) in [6.45, 7) is 5.12. The van der Waals surface area contributed by atoms with Crippen LogP contribution in [0.3, 0.4) is 0 Å². The number of nitrogen functional groups attached to an aromatic ring is 1. The van der Waals surface area contributed by atoms with E-state index >= 15 is 0 Å². The highest BCUT2D eigenvalue weighted by Gasteiger charge is 2.26. The number of nitrogens with two attached hydrogens (primary N) is 1. The molecule has 26 heavy (non-hydrogen) atoms. The van der Waals surface area contributed by atoms with Gasteiger partial charge in [-0.25, -0.2) is 0 Å². The normalized spacial score (nSPS) is 13.8. The Morgan fingerprint density at radius 1 is 1.19 bits per heavy atom. The van der Waals surface area contributed by atoms with E-state index in [0.29, 0.717) is 24.3 Å². The molecule has 0 saturated carbocycles. The van der Waals surface area contributed by atoms with Crippen molar-refractivity contribution in [3.63, 3.8) is 0 Å². The van der Waals surface area contributed by atoms with Crippen LogP contribution in [0.1, 0.15) is 52.4 Å². The van der Waals surface area contributed by atoms with Gasteiger partial charge >= 0.3 is 0 Å². The van der Waals surface area contributed by atoms with E-state index in [2.05, 4.69) is 11.9 Å². The molecule has 0 atom stereocenters. The molecular formula is C21H25N3O2. The lowest BCUT2D eigenvalue weighted by molar-refractivity contribution is 0.0752. The molecule has 2 aromatic carbocycles. The number of phenols is 1. The number of rotatable bonds is 4. The zero-order valence-electron chi connectivity index (χ0n) is 15.5. The summed E-state index contributed by atoms with van der Waals surface area (Å²) in [4.78, 5) is 19.3. The van der Waals surface area contributed by atoms with Gasteiger partial charge in [-0.15, -0.1) is 0 Å². The van der Waals surface area contributed by atoms with Crippen molar-refractivity contribution in [3.05, 3.63) is 58.1 Å². The minimum atomic E-state index is -0.0913. The first kappa shape index (κ1) is 18.0. The average molecular weight is 351 g/mol. The molecule has 0 aliphatic carbocycles. The molecule has 3 N–H and O–H groups in total. The van der Waals surface area contributed by atoms with Crippen LogP contribution in [0, 0.1) is 6.92 Å². The number of phenolic OH excluding ortho intramolecular Hbond substituents is 1. The van der Waals surface area contributed by atoms with Gasteiger partial charge in [0.1, 0.15) is 5.75 Å². The van der Waals surface area contributed by atoms with Crippen molar-refractivity contribution in [2.24, 2.45) is 4.99 Å². The zero-order valence-corrected chi connectivity index (χ0v) is 15.5. The van der Waals surface area contributed by atoms with Crippen LogP contribution in [0.2, 0.25) is 0 Å². The van der Waals surface area contributed by atoms with E-state index in [-0.39, 0.29) is 11.7 Å². The van der Waals surface area contributed by atoms with Gasteiger partial charge < -0.3 is 15.7 Å². The fraction of sp³-hybridized carbons (Fsp3) is 0.333. The monoisotopic (exact) mass is 351 g/mol. The summed E-state index contributed by atoms with van der Waals surface area (Å²) in [6, 6.07) is 8.98. The molecule has 136 valence electrons. The first-order chi connectivity index (χ1) is 12.4. The third kappa shape index (κ3) is 3.29. The lowest BCUT2D eigenvalue weighted by Gasteiger charge is -2.19. The van der Waals surface area contributed by atoms with Gasteiger partial charge in [-0.1, -0.05) is 19.4 Å². The molecule has 0 aromatic heterocycles. The van der Waals surface area contributed by atoms with Gasteiger partial charge in [0, 0.05) is 31.5 Å². The van der Waals surface area contributed by atoms with Gasteiger partial charge in [-0.2, -0.15) is 0 Å². The van der Waals surface area contributed by atoms with Gasteiger partial charge in [0.2, 0.25) is 0 Å². The third-order valence-corrected chi connectivity index (χ3v) is 4.89. The standard InChI is InChI=1S/C21H25N3O2/c1-4-5-20(23-3)17-10-18(19(22)8-13(17)2)21(26)24-11-14-6-7-16(25)9-15(14)12-24/h6-10,25H,4-5,11-12,22H2,1-3H3. The second-order valence-electron chi connectivity index (χ2n) is 6.79. The Morgan fingerprint density at radius 2 is 1.92 bits per heavy atom. The molecule has 0 fully saturated rings. The fourth-order valence-corrected chi connectivity index (χ4v) is 3.52. The Kier molecular flexibility index (Phi) is 4.98. The highest BCUT2D eigenvalue weighted by molar-refractivity contribution is 6.06. The Hall–Kier alpha value is -2.82. The number of benzene rings is 2. The van der Waals surface area contributed by atoms with Crippen LogP contribution >= 0.6 is 0 Å². The molecule has 1 heterocycles. The maximum absolute atomic E-state index is 13.1. The minimum absolute atomic E-state index is 0.0913. The number of hydrogen-bond acceptors (Lipinski definition) is 4. The summed E-state index contributed by atoms with van der Waals surface area (Å²) in [6.07, 6.45) is 1.86. The molecule has 1 aliphatic heterocycles. The lowest BCUT2D eigenvalue weighted by Crippen LogP contribution is -2.26. The van der Waals surface area contributed by atoms with Gasteiger partial charge in [0.15, 0.2) is 0 Å². The average Bonchev–Trinajstić information content (AvgIpc) is 3.03. The Bertz CT molecular complexity index is 887. The number of aromatic hydroxyl groups is 1. The predicted octanol–water partition coefficient (Wildman–Crippen LogP) is 3.66. The molecule has 2 aromatic rings. The van der Waals surface area contributed by atoms with Crippen LogP contribution in [0.15, 0.2) is 35.3 Å². The Balaban J connectivity index is 1.93. The van der Waals surface area contributed by atoms with Crippen molar-refractivity contribution < 1.29 is 9.90 Å². The number of carbonyl (C=O) groups is 1. The summed E-state index contributed by atoms with van der Waals surface area (Å²) in [5, 5.41) is 9.65. The zero-order chi connectivity index (χ0) is 18.8. The van der Waals surface area contributed by atoms with Crippen molar-refractivity contribution in [1.29, 1.82) is 0 Å². The Morgan fingerprint density at radius 3 is 2.62 bits per heavy atom. The van der Waals surface area contributed by atoms with E-state index in [1.54, 1.807) is 24.1 Å². The van der Waals surface area contributed by atoms with Crippen LogP contribution in [-0.2, 0) is 13.1 Å². The largest absolute Gasteiger partial charge is 0.508 e. The third-order valence-electron chi connectivity index (χ3n) is 4.89. The van der Waals surface area contributed by atoms with E-state index in [1.807, 2.05) is 25.1 Å². The molecule has 1 amide bonds. The first-order valence-electron chi connectivity index (χ1n) is 8.90. The lowest BCUT2D eigenvalue weighted by atomic mass is 9.96. The van der Waals surface area contributed by atoms with Crippen molar-refractivity contribution in [1.82, 2.24) is 4.90 Å². The van der Waals surface area contributed by atoms with Gasteiger partial charge in [0.05, 0.1) is 5.56 Å². The van der Waals surface area contributed by atoms with E-state index < -0.39 is 0 Å². The number of hydrogen-bond donors (Lipinski definition) is 2. The molecule has 1 aliphatic rings. The van der Waals surface area contributed by atoms with Crippen LogP contribution < -0.4 is 5.73 Å². The molecular weight excluding hydrogens is 326 g/mol. The van der Waals surface area contributed by atoms with Gasteiger partial charge in [-0.3, -0.25) is 9.79 Å². The smallest absolute Gasteiger partial charge is 0.256 e.